The minimum absolute atomic E-state index is 0.0435. The molecule has 0 spiro atoms. The fourth-order valence-corrected chi connectivity index (χ4v) is 5.51. The first-order valence-corrected chi connectivity index (χ1v) is 9.55. The number of fused-ring (bicyclic) bond motifs is 1. The second-order valence-electron chi connectivity index (χ2n) is 7.77. The van der Waals surface area contributed by atoms with E-state index in [1.807, 2.05) is 18.2 Å². The van der Waals surface area contributed by atoms with Crippen molar-refractivity contribution in [1.82, 2.24) is 4.98 Å². The van der Waals surface area contributed by atoms with Crippen molar-refractivity contribution in [2.24, 2.45) is 5.41 Å². The summed E-state index contributed by atoms with van der Waals surface area (Å²) in [6.45, 7) is 6.45. The number of ketones is 1. The first kappa shape index (κ1) is 16.6. The maximum Gasteiger partial charge on any atom is 0.162 e. The maximum atomic E-state index is 13.3. The largest absolute Gasteiger partial charge is 0.342 e. The van der Waals surface area contributed by atoms with E-state index < -0.39 is 5.41 Å². The van der Waals surface area contributed by atoms with Crippen LogP contribution in [-0.2, 0) is 10.2 Å². The molecule has 1 aliphatic carbocycles. The fourth-order valence-electron chi connectivity index (χ4n) is 4.43. The smallest absolute Gasteiger partial charge is 0.162 e. The number of carbonyl (C=O) groups excluding carboxylic acids is 1. The van der Waals surface area contributed by atoms with Gasteiger partial charge in [0.2, 0.25) is 0 Å². The van der Waals surface area contributed by atoms with Crippen molar-refractivity contribution in [1.29, 1.82) is 0 Å². The molecule has 2 radical (unpaired) electrons. The zero-order valence-electron chi connectivity index (χ0n) is 14.8. The Labute approximate surface area is 154 Å². The quantitative estimate of drug-likeness (QED) is 0.842. The van der Waals surface area contributed by atoms with Crippen molar-refractivity contribution in [2.75, 3.05) is 5.32 Å². The predicted octanol–water partition coefficient (Wildman–Crippen LogP) is 3.70. The lowest BCUT2D eigenvalue weighted by Crippen LogP contribution is -2.42. The minimum atomic E-state index is -0.458. The van der Waals surface area contributed by atoms with E-state index in [0.717, 1.165) is 40.4 Å². The van der Waals surface area contributed by atoms with Gasteiger partial charge in [0, 0.05) is 22.6 Å². The minimum Gasteiger partial charge on any atom is -0.342 e. The summed E-state index contributed by atoms with van der Waals surface area (Å²) in [6.07, 6.45) is 2.23. The molecular formula is C20H21BN2OS. The van der Waals surface area contributed by atoms with Gasteiger partial charge < -0.3 is 5.32 Å². The van der Waals surface area contributed by atoms with Crippen LogP contribution in [0.4, 0.5) is 5.82 Å². The van der Waals surface area contributed by atoms with Crippen molar-refractivity contribution in [3.8, 4) is 0 Å². The summed E-state index contributed by atoms with van der Waals surface area (Å²) in [4.78, 5) is 19.4. The Morgan fingerprint density at radius 3 is 2.64 bits per heavy atom. The number of rotatable bonds is 2. The summed E-state index contributed by atoms with van der Waals surface area (Å²) < 4.78 is 0. The van der Waals surface area contributed by atoms with Crippen LogP contribution in [0, 0.1) is 5.41 Å². The number of allylic oxidation sites excluding steroid dienone is 2. The lowest BCUT2D eigenvalue weighted by molar-refractivity contribution is -0.118. The van der Waals surface area contributed by atoms with E-state index in [-0.39, 0.29) is 11.2 Å². The SMILES string of the molecule is [B]c1nc2c(s1)C(CC)(c1ccccc1)C1=C(CC(C)(C)CC1=O)N2. The molecule has 1 aromatic carbocycles. The average Bonchev–Trinajstić information content (AvgIpc) is 2.92. The molecule has 0 saturated carbocycles. The van der Waals surface area contributed by atoms with E-state index in [1.54, 1.807) is 0 Å². The Morgan fingerprint density at radius 1 is 1.24 bits per heavy atom. The van der Waals surface area contributed by atoms with Crippen LogP contribution < -0.4 is 10.2 Å². The van der Waals surface area contributed by atoms with Crippen LogP contribution in [0.3, 0.4) is 0 Å². The second-order valence-corrected chi connectivity index (χ2v) is 8.80. The van der Waals surface area contributed by atoms with E-state index in [1.165, 1.54) is 11.3 Å². The molecule has 5 heteroatoms. The molecule has 1 aromatic heterocycles. The van der Waals surface area contributed by atoms with E-state index in [2.05, 4.69) is 43.2 Å². The first-order valence-electron chi connectivity index (χ1n) is 8.73. The van der Waals surface area contributed by atoms with E-state index in [0.29, 0.717) is 11.3 Å². The van der Waals surface area contributed by atoms with Gasteiger partial charge in [0.15, 0.2) is 13.6 Å². The zero-order valence-corrected chi connectivity index (χ0v) is 15.7. The van der Waals surface area contributed by atoms with Crippen molar-refractivity contribution >= 4 is 35.7 Å². The summed E-state index contributed by atoms with van der Waals surface area (Å²) in [5.41, 5.74) is 2.57. The topological polar surface area (TPSA) is 42.0 Å². The number of nitrogens with zero attached hydrogens (tertiary/aromatic N) is 1. The van der Waals surface area contributed by atoms with E-state index >= 15 is 0 Å². The van der Waals surface area contributed by atoms with Crippen LogP contribution in [0.5, 0.6) is 0 Å². The van der Waals surface area contributed by atoms with Gasteiger partial charge in [-0.25, -0.2) is 4.98 Å². The molecule has 0 saturated heterocycles. The summed E-state index contributed by atoms with van der Waals surface area (Å²) >= 11 is 1.49. The number of thiazole rings is 1. The molecule has 1 N–H and O–H groups in total. The molecule has 25 heavy (non-hydrogen) atoms. The van der Waals surface area contributed by atoms with Crippen molar-refractivity contribution < 1.29 is 4.79 Å². The van der Waals surface area contributed by atoms with Gasteiger partial charge in [-0.2, -0.15) is 0 Å². The Morgan fingerprint density at radius 2 is 1.96 bits per heavy atom. The number of anilines is 1. The molecule has 2 aliphatic rings. The molecule has 126 valence electrons. The van der Waals surface area contributed by atoms with Gasteiger partial charge in [0.1, 0.15) is 5.82 Å². The normalized spacial score (nSPS) is 24.5. The second kappa shape index (κ2) is 5.56. The third-order valence-corrected chi connectivity index (χ3v) is 6.45. The summed E-state index contributed by atoms with van der Waals surface area (Å²) in [5, 5.41) is 3.44. The number of hydrogen-bond acceptors (Lipinski definition) is 4. The third-order valence-electron chi connectivity index (χ3n) is 5.40. The molecule has 2 heterocycles. The lowest BCUT2D eigenvalue weighted by Gasteiger charge is -2.44. The van der Waals surface area contributed by atoms with E-state index in [9.17, 15) is 4.79 Å². The Balaban J connectivity index is 2.04. The number of carbonyl (C=O) groups is 1. The molecule has 1 unspecified atom stereocenters. The highest BCUT2D eigenvalue weighted by Gasteiger charge is 2.50. The first-order chi connectivity index (χ1) is 11.9. The Bertz CT molecular complexity index is 884. The van der Waals surface area contributed by atoms with Crippen LogP contribution >= 0.6 is 11.3 Å². The summed E-state index contributed by atoms with van der Waals surface area (Å²) in [6, 6.07) is 10.3. The zero-order chi connectivity index (χ0) is 17.8. The number of benzene rings is 1. The van der Waals surface area contributed by atoms with Crippen molar-refractivity contribution in [3.63, 3.8) is 0 Å². The maximum absolute atomic E-state index is 13.3. The van der Waals surface area contributed by atoms with Gasteiger partial charge in [-0.15, -0.1) is 11.3 Å². The molecule has 0 bridgehead atoms. The molecular weight excluding hydrogens is 327 g/mol. The highest BCUT2D eigenvalue weighted by molar-refractivity contribution is 7.20. The molecule has 4 rings (SSSR count). The number of Topliss-reactive ketones (excluding diaryl/α,β-unsaturated/α-hetero) is 1. The number of nitrogens with one attached hydrogen (secondary N) is 1. The average molecular weight is 348 g/mol. The van der Waals surface area contributed by atoms with Gasteiger partial charge in [-0.1, -0.05) is 51.1 Å². The Hall–Kier alpha value is -1.88. The van der Waals surface area contributed by atoms with E-state index in [4.69, 9.17) is 7.85 Å². The standard InChI is InChI=1S/C20H21BN2OS/c1-4-20(12-8-6-5-7-9-12)15-13(10-19(2,3)11-14(15)24)22-17-16(20)25-18(21)23-17/h5-9,22H,4,10-11H2,1-3H3. The molecule has 0 amide bonds. The van der Waals surface area contributed by atoms with Crippen LogP contribution in [0.15, 0.2) is 41.6 Å². The van der Waals surface area contributed by atoms with Gasteiger partial charge >= 0.3 is 0 Å². The molecule has 1 atom stereocenters. The number of hydrogen-bond donors (Lipinski definition) is 1. The highest BCUT2D eigenvalue weighted by atomic mass is 32.1. The van der Waals surface area contributed by atoms with Gasteiger partial charge in [0.05, 0.1) is 10.3 Å². The van der Waals surface area contributed by atoms with Crippen LogP contribution in [0.25, 0.3) is 0 Å². The molecule has 2 aromatic rings. The number of aromatic nitrogens is 1. The fraction of sp³-hybridized carbons (Fsp3) is 0.400. The van der Waals surface area contributed by atoms with Gasteiger partial charge in [-0.05, 0) is 23.8 Å². The summed E-state index contributed by atoms with van der Waals surface area (Å²) in [5.74, 6) is 1.06. The van der Waals surface area contributed by atoms with Gasteiger partial charge in [-0.3, -0.25) is 4.79 Å². The Kier molecular flexibility index (Phi) is 3.69. The molecule has 1 aliphatic heterocycles. The van der Waals surface area contributed by atoms with Crippen LogP contribution in [0.1, 0.15) is 50.5 Å². The summed E-state index contributed by atoms with van der Waals surface area (Å²) in [7, 11) is 6.05. The lowest BCUT2D eigenvalue weighted by atomic mass is 9.62. The molecule has 0 fully saturated rings. The van der Waals surface area contributed by atoms with Crippen LogP contribution in [0.2, 0.25) is 0 Å². The highest BCUT2D eigenvalue weighted by Crippen LogP contribution is 2.54. The predicted molar refractivity (Wildman–Crippen MR) is 104 cm³/mol. The van der Waals surface area contributed by atoms with Crippen LogP contribution in [-0.4, -0.2) is 18.6 Å². The van der Waals surface area contributed by atoms with Gasteiger partial charge in [0.25, 0.3) is 0 Å². The third kappa shape index (κ3) is 2.40. The van der Waals surface area contributed by atoms with Crippen molar-refractivity contribution in [3.05, 3.63) is 52.0 Å². The van der Waals surface area contributed by atoms with Crippen molar-refractivity contribution in [2.45, 2.75) is 45.4 Å². The monoisotopic (exact) mass is 348 g/mol. The molecule has 3 nitrogen and oxygen atoms in total.